The minimum Gasteiger partial charge on any atom is -0.497 e. The third-order valence-corrected chi connectivity index (χ3v) is 7.37. The van der Waals surface area contributed by atoms with Gasteiger partial charge in [0.15, 0.2) is 0 Å². The second-order valence-electron chi connectivity index (χ2n) is 10.8. The van der Waals surface area contributed by atoms with Crippen LogP contribution in [-0.2, 0) is 25.6 Å². The lowest BCUT2D eigenvalue weighted by Crippen LogP contribution is -2.56. The zero-order valence-electron chi connectivity index (χ0n) is 25.6. The minimum atomic E-state index is -5.09. The van der Waals surface area contributed by atoms with Gasteiger partial charge in [0.25, 0.3) is 5.91 Å². The van der Waals surface area contributed by atoms with Gasteiger partial charge in [0.2, 0.25) is 17.7 Å². The predicted molar refractivity (Wildman–Crippen MR) is 162 cm³/mol. The number of hydrogen-bond donors (Lipinski definition) is 2. The molecular formula is C32H30F5N5O6. The SMILES string of the molecule is COc1ccc(N(C)C(=O)[C@H](Cc2cc(F)cc(F)c2)NC(=O)CN2CCN(C(=O)c3ccc(NC(=O)C(F)(F)F)cc3)CC2=O)cc1. The maximum atomic E-state index is 13.9. The van der Waals surface area contributed by atoms with Gasteiger partial charge in [-0.1, -0.05) is 0 Å². The number of methoxy groups -OCH3 is 1. The molecule has 5 amide bonds. The molecule has 1 fully saturated rings. The fourth-order valence-corrected chi connectivity index (χ4v) is 4.87. The number of nitrogens with zero attached hydrogens (tertiary/aromatic N) is 3. The maximum absolute atomic E-state index is 13.9. The van der Waals surface area contributed by atoms with Crippen molar-refractivity contribution in [2.45, 2.75) is 18.6 Å². The van der Waals surface area contributed by atoms with E-state index < -0.39 is 66.5 Å². The fourth-order valence-electron chi connectivity index (χ4n) is 4.87. The van der Waals surface area contributed by atoms with Crippen LogP contribution in [0.3, 0.4) is 0 Å². The van der Waals surface area contributed by atoms with Crippen LogP contribution in [0.1, 0.15) is 15.9 Å². The highest BCUT2D eigenvalue weighted by Gasteiger charge is 2.38. The van der Waals surface area contributed by atoms with Crippen molar-refractivity contribution in [3.8, 4) is 5.75 Å². The van der Waals surface area contributed by atoms with Gasteiger partial charge in [0, 0.05) is 49.6 Å². The number of hydrogen-bond acceptors (Lipinski definition) is 6. The van der Waals surface area contributed by atoms with E-state index in [0.717, 1.165) is 24.3 Å². The van der Waals surface area contributed by atoms with Crippen LogP contribution in [0.15, 0.2) is 66.7 Å². The minimum absolute atomic E-state index is 0.00947. The molecule has 3 aromatic carbocycles. The number of likely N-dealkylation sites (N-methyl/N-ethyl adjacent to an activating group) is 1. The second-order valence-corrected chi connectivity index (χ2v) is 10.8. The van der Waals surface area contributed by atoms with Crippen LogP contribution in [0.25, 0.3) is 0 Å². The lowest BCUT2D eigenvalue weighted by molar-refractivity contribution is -0.167. The van der Waals surface area contributed by atoms with Crippen molar-refractivity contribution in [3.63, 3.8) is 0 Å². The van der Waals surface area contributed by atoms with Gasteiger partial charge in [0.1, 0.15) is 30.0 Å². The molecule has 1 saturated heterocycles. The lowest BCUT2D eigenvalue weighted by Gasteiger charge is -2.34. The molecular weight excluding hydrogens is 645 g/mol. The molecule has 254 valence electrons. The summed E-state index contributed by atoms with van der Waals surface area (Å²) in [5.74, 6) is -5.91. The lowest BCUT2D eigenvalue weighted by atomic mass is 10.0. The van der Waals surface area contributed by atoms with Crippen LogP contribution in [0.2, 0.25) is 0 Å². The molecule has 1 aliphatic heterocycles. The van der Waals surface area contributed by atoms with Crippen LogP contribution in [0, 0.1) is 11.6 Å². The normalized spacial score (nSPS) is 13.9. The van der Waals surface area contributed by atoms with Gasteiger partial charge < -0.3 is 30.1 Å². The summed E-state index contributed by atoms with van der Waals surface area (Å²) in [6.45, 7) is -0.946. The van der Waals surface area contributed by atoms with Gasteiger partial charge in [-0.3, -0.25) is 24.0 Å². The quantitative estimate of drug-likeness (QED) is 0.318. The Bertz CT molecular complexity index is 1660. The van der Waals surface area contributed by atoms with Crippen LogP contribution in [0.4, 0.5) is 33.3 Å². The fraction of sp³-hybridized carbons (Fsp3) is 0.281. The molecule has 1 atom stereocenters. The number of ether oxygens (including phenoxy) is 1. The van der Waals surface area contributed by atoms with Gasteiger partial charge in [-0.2, -0.15) is 13.2 Å². The highest BCUT2D eigenvalue weighted by Crippen LogP contribution is 2.21. The highest BCUT2D eigenvalue weighted by molar-refractivity contribution is 6.01. The Morgan fingerprint density at radius 3 is 2.12 bits per heavy atom. The second kappa shape index (κ2) is 14.9. The van der Waals surface area contributed by atoms with E-state index in [2.05, 4.69) is 5.32 Å². The Labute approximate surface area is 271 Å². The van der Waals surface area contributed by atoms with Crippen molar-refractivity contribution < 1.29 is 50.7 Å². The molecule has 4 rings (SSSR count). The summed E-state index contributed by atoms with van der Waals surface area (Å²) in [6.07, 6.45) is -5.36. The first-order chi connectivity index (χ1) is 22.6. The molecule has 0 radical (unpaired) electrons. The van der Waals surface area contributed by atoms with E-state index >= 15 is 0 Å². The van der Waals surface area contributed by atoms with E-state index in [1.54, 1.807) is 29.6 Å². The topological polar surface area (TPSA) is 128 Å². The molecule has 0 saturated carbocycles. The summed E-state index contributed by atoms with van der Waals surface area (Å²) in [7, 11) is 2.94. The Kier molecular flexibility index (Phi) is 11.0. The summed E-state index contributed by atoms with van der Waals surface area (Å²) >= 11 is 0. The first-order valence-corrected chi connectivity index (χ1v) is 14.4. The van der Waals surface area contributed by atoms with E-state index in [1.807, 2.05) is 0 Å². The third kappa shape index (κ3) is 9.04. The van der Waals surface area contributed by atoms with Crippen molar-refractivity contribution in [2.24, 2.45) is 0 Å². The number of alkyl halides is 3. The largest absolute Gasteiger partial charge is 0.497 e. The number of carbonyl (C=O) groups excluding carboxylic acids is 5. The molecule has 11 nitrogen and oxygen atoms in total. The Morgan fingerprint density at radius 2 is 1.56 bits per heavy atom. The van der Waals surface area contributed by atoms with Crippen molar-refractivity contribution in [1.82, 2.24) is 15.1 Å². The Balaban J connectivity index is 1.39. The van der Waals surface area contributed by atoms with Gasteiger partial charge >= 0.3 is 12.1 Å². The van der Waals surface area contributed by atoms with Crippen LogP contribution in [0.5, 0.6) is 5.75 Å². The van der Waals surface area contributed by atoms with Crippen molar-refractivity contribution in [3.05, 3.63) is 89.5 Å². The van der Waals surface area contributed by atoms with Gasteiger partial charge in [-0.25, -0.2) is 8.78 Å². The van der Waals surface area contributed by atoms with E-state index in [4.69, 9.17) is 4.74 Å². The van der Waals surface area contributed by atoms with Crippen LogP contribution >= 0.6 is 0 Å². The summed E-state index contributed by atoms with van der Waals surface area (Å²) < 4.78 is 70.4. The molecule has 1 aliphatic rings. The summed E-state index contributed by atoms with van der Waals surface area (Å²) in [5, 5.41) is 4.23. The Hall–Kier alpha value is -5.54. The molecule has 0 aliphatic carbocycles. The first-order valence-electron chi connectivity index (χ1n) is 14.4. The van der Waals surface area contributed by atoms with Crippen LogP contribution < -0.4 is 20.3 Å². The highest BCUT2D eigenvalue weighted by atomic mass is 19.4. The number of benzene rings is 3. The Morgan fingerprint density at radius 1 is 0.938 bits per heavy atom. The standard InChI is InChI=1S/C32H30F5N5O6/c1-40(24-7-9-25(48-2)10-8-24)30(46)26(15-19-13-21(33)16-22(34)14-19)39-27(43)17-41-11-12-42(18-28(41)44)29(45)20-3-5-23(6-4-20)38-31(47)32(35,36)37/h3-10,13-14,16,26H,11-12,15,17-18H2,1-2H3,(H,38,47)(H,39,43)/t26-/m0/s1. The number of amides is 5. The number of halogens is 5. The number of rotatable bonds is 10. The molecule has 0 unspecified atom stereocenters. The molecule has 16 heteroatoms. The monoisotopic (exact) mass is 675 g/mol. The number of carbonyl (C=O) groups is 5. The molecule has 0 aromatic heterocycles. The van der Waals surface area contributed by atoms with Gasteiger partial charge in [-0.15, -0.1) is 0 Å². The zero-order valence-corrected chi connectivity index (χ0v) is 25.6. The molecule has 3 aromatic rings. The summed E-state index contributed by atoms with van der Waals surface area (Å²) in [4.78, 5) is 67.2. The molecule has 2 N–H and O–H groups in total. The predicted octanol–water partition coefficient (Wildman–Crippen LogP) is 3.15. The average Bonchev–Trinajstić information content (AvgIpc) is 3.04. The maximum Gasteiger partial charge on any atom is 0.471 e. The van der Waals surface area contributed by atoms with E-state index in [0.29, 0.717) is 17.5 Å². The number of piperazine rings is 1. The molecule has 0 spiro atoms. The third-order valence-electron chi connectivity index (χ3n) is 7.37. The average molecular weight is 676 g/mol. The molecule has 0 bridgehead atoms. The molecule has 1 heterocycles. The molecule has 48 heavy (non-hydrogen) atoms. The number of anilines is 2. The van der Waals surface area contributed by atoms with Crippen molar-refractivity contribution in [2.75, 3.05) is 50.6 Å². The smallest absolute Gasteiger partial charge is 0.471 e. The first kappa shape index (κ1) is 35.3. The number of nitrogens with one attached hydrogen (secondary N) is 2. The van der Waals surface area contributed by atoms with E-state index in [9.17, 15) is 45.9 Å². The van der Waals surface area contributed by atoms with Crippen molar-refractivity contribution in [1.29, 1.82) is 0 Å². The van der Waals surface area contributed by atoms with E-state index in [1.165, 1.54) is 41.0 Å². The van der Waals surface area contributed by atoms with Gasteiger partial charge in [-0.05, 0) is 66.2 Å². The van der Waals surface area contributed by atoms with Crippen molar-refractivity contribution >= 4 is 40.9 Å². The van der Waals surface area contributed by atoms with E-state index in [-0.39, 0.29) is 36.3 Å². The van der Waals surface area contributed by atoms with Crippen LogP contribution in [-0.4, -0.2) is 91.9 Å². The summed E-state index contributed by atoms with van der Waals surface area (Å²) in [6, 6.07) is 12.5. The van der Waals surface area contributed by atoms with Gasteiger partial charge in [0.05, 0.1) is 13.7 Å². The summed E-state index contributed by atoms with van der Waals surface area (Å²) in [5.41, 5.74) is 0.417. The zero-order chi connectivity index (χ0) is 35.2.